The Kier molecular flexibility index (Phi) is 5.77. The molecular formula is C21H22N2O2. The van der Waals surface area contributed by atoms with Crippen molar-refractivity contribution in [2.45, 2.75) is 12.6 Å². The van der Waals surface area contributed by atoms with Gasteiger partial charge in [0.1, 0.15) is 5.75 Å². The Morgan fingerprint density at radius 3 is 2.28 bits per heavy atom. The number of likely N-dealkylation sites (N-methyl/N-ethyl adjacent to an activating group) is 1. The molecule has 0 amide bonds. The van der Waals surface area contributed by atoms with E-state index in [0.717, 1.165) is 16.9 Å². The van der Waals surface area contributed by atoms with Gasteiger partial charge < -0.3 is 9.84 Å². The lowest BCUT2D eigenvalue weighted by molar-refractivity contribution is 0.124. The van der Waals surface area contributed by atoms with Crippen molar-refractivity contribution in [3.63, 3.8) is 0 Å². The van der Waals surface area contributed by atoms with Crippen molar-refractivity contribution in [2.75, 3.05) is 13.6 Å². The Morgan fingerprint density at radius 1 is 0.960 bits per heavy atom. The number of nitrogens with zero attached hydrogens (tertiary/aromatic N) is 2. The number of pyridine rings is 1. The maximum Gasteiger partial charge on any atom is 0.219 e. The van der Waals surface area contributed by atoms with Crippen LogP contribution < -0.4 is 4.74 Å². The van der Waals surface area contributed by atoms with E-state index in [9.17, 15) is 5.11 Å². The van der Waals surface area contributed by atoms with Crippen LogP contribution in [-0.4, -0.2) is 28.6 Å². The van der Waals surface area contributed by atoms with Crippen LogP contribution in [0.3, 0.4) is 0 Å². The van der Waals surface area contributed by atoms with Crippen LogP contribution in [0.15, 0.2) is 79.0 Å². The largest absolute Gasteiger partial charge is 0.439 e. The van der Waals surface area contributed by atoms with Crippen LogP contribution in [0.25, 0.3) is 0 Å². The van der Waals surface area contributed by atoms with E-state index in [-0.39, 0.29) is 0 Å². The van der Waals surface area contributed by atoms with Crippen molar-refractivity contribution < 1.29 is 9.84 Å². The summed E-state index contributed by atoms with van der Waals surface area (Å²) in [5.41, 5.74) is 2.00. The lowest BCUT2D eigenvalue weighted by Crippen LogP contribution is -2.24. The summed E-state index contributed by atoms with van der Waals surface area (Å²) in [4.78, 5) is 6.43. The first kappa shape index (κ1) is 17.1. The first-order valence-electron chi connectivity index (χ1n) is 8.30. The number of hydrogen-bond donors (Lipinski definition) is 1. The van der Waals surface area contributed by atoms with Gasteiger partial charge in [-0.2, -0.15) is 0 Å². The van der Waals surface area contributed by atoms with Crippen molar-refractivity contribution in [2.24, 2.45) is 0 Å². The number of aliphatic hydroxyl groups excluding tert-OH is 1. The van der Waals surface area contributed by atoms with Crippen molar-refractivity contribution in [3.8, 4) is 11.6 Å². The number of para-hydroxylation sites is 1. The van der Waals surface area contributed by atoms with Crippen LogP contribution >= 0.6 is 0 Å². The van der Waals surface area contributed by atoms with Gasteiger partial charge in [0.05, 0.1) is 6.10 Å². The molecule has 0 bridgehead atoms. The van der Waals surface area contributed by atoms with Crippen LogP contribution in [0.2, 0.25) is 0 Å². The fourth-order valence-electron chi connectivity index (χ4n) is 2.63. The minimum atomic E-state index is -0.500. The number of hydrogen-bond acceptors (Lipinski definition) is 4. The maximum absolute atomic E-state index is 10.3. The van der Waals surface area contributed by atoms with Gasteiger partial charge in [-0.15, -0.1) is 0 Å². The number of ether oxygens (including phenoxy) is 1. The molecule has 1 atom stereocenters. The second-order valence-corrected chi connectivity index (χ2v) is 6.04. The standard InChI is InChI=1S/C21H22N2O2/c1-23(16-20(24)18-8-4-2-5-9-18)15-17-12-13-21(22-14-17)25-19-10-6-3-7-11-19/h2-14,20,24H,15-16H2,1H3/t20-/m1/s1. The highest BCUT2D eigenvalue weighted by atomic mass is 16.5. The van der Waals surface area contributed by atoms with Crippen molar-refractivity contribution >= 4 is 0 Å². The molecule has 3 aromatic rings. The van der Waals surface area contributed by atoms with E-state index in [1.165, 1.54) is 0 Å². The van der Waals surface area contributed by atoms with Gasteiger partial charge in [-0.3, -0.25) is 4.90 Å². The zero-order valence-corrected chi connectivity index (χ0v) is 14.2. The van der Waals surface area contributed by atoms with Crippen LogP contribution in [0, 0.1) is 0 Å². The van der Waals surface area contributed by atoms with Crippen molar-refractivity contribution in [3.05, 3.63) is 90.1 Å². The Bertz CT molecular complexity index is 761. The van der Waals surface area contributed by atoms with E-state index in [1.54, 1.807) is 0 Å². The minimum Gasteiger partial charge on any atom is -0.439 e. The zero-order valence-electron chi connectivity index (χ0n) is 14.2. The summed E-state index contributed by atoms with van der Waals surface area (Å²) in [7, 11) is 1.99. The van der Waals surface area contributed by atoms with Crippen LogP contribution in [0.5, 0.6) is 11.6 Å². The highest BCUT2D eigenvalue weighted by molar-refractivity contribution is 5.27. The van der Waals surface area contributed by atoms with Gasteiger partial charge in [0.25, 0.3) is 0 Å². The highest BCUT2D eigenvalue weighted by Gasteiger charge is 2.11. The van der Waals surface area contributed by atoms with Gasteiger partial charge in [0.2, 0.25) is 5.88 Å². The fraction of sp³-hybridized carbons (Fsp3) is 0.190. The summed E-state index contributed by atoms with van der Waals surface area (Å²) >= 11 is 0. The minimum absolute atomic E-state index is 0.500. The third-order valence-corrected chi connectivity index (χ3v) is 3.88. The summed E-state index contributed by atoms with van der Waals surface area (Å²) in [5, 5.41) is 10.3. The molecule has 4 nitrogen and oxygen atoms in total. The first-order valence-corrected chi connectivity index (χ1v) is 8.30. The van der Waals surface area contributed by atoms with Gasteiger partial charge in [0.15, 0.2) is 0 Å². The highest BCUT2D eigenvalue weighted by Crippen LogP contribution is 2.19. The third-order valence-electron chi connectivity index (χ3n) is 3.88. The Labute approximate surface area is 148 Å². The molecule has 0 aliphatic carbocycles. The van der Waals surface area contributed by atoms with E-state index in [1.807, 2.05) is 86.0 Å². The molecule has 25 heavy (non-hydrogen) atoms. The number of benzene rings is 2. The molecule has 128 valence electrons. The molecule has 3 rings (SSSR count). The van der Waals surface area contributed by atoms with E-state index < -0.39 is 6.10 Å². The molecule has 2 aromatic carbocycles. The van der Waals surface area contributed by atoms with E-state index >= 15 is 0 Å². The monoisotopic (exact) mass is 334 g/mol. The smallest absolute Gasteiger partial charge is 0.219 e. The second kappa shape index (κ2) is 8.42. The Morgan fingerprint density at radius 2 is 1.64 bits per heavy atom. The van der Waals surface area contributed by atoms with Crippen LogP contribution in [0.4, 0.5) is 0 Å². The number of aromatic nitrogens is 1. The average Bonchev–Trinajstić information content (AvgIpc) is 2.65. The van der Waals surface area contributed by atoms with Gasteiger partial charge >= 0.3 is 0 Å². The number of aliphatic hydroxyl groups is 1. The Hall–Kier alpha value is -2.69. The second-order valence-electron chi connectivity index (χ2n) is 6.04. The van der Waals surface area contributed by atoms with Crippen LogP contribution in [-0.2, 0) is 6.54 Å². The molecule has 0 radical (unpaired) electrons. The van der Waals surface area contributed by atoms with Gasteiger partial charge in [-0.1, -0.05) is 54.6 Å². The summed E-state index contributed by atoms with van der Waals surface area (Å²) < 4.78 is 5.70. The molecule has 1 aromatic heterocycles. The van der Waals surface area contributed by atoms with Gasteiger partial charge in [-0.05, 0) is 30.3 Å². The predicted octanol–water partition coefficient (Wildman–Crippen LogP) is 4.04. The van der Waals surface area contributed by atoms with Gasteiger partial charge in [0, 0.05) is 25.4 Å². The molecule has 0 saturated heterocycles. The average molecular weight is 334 g/mol. The van der Waals surface area contributed by atoms with E-state index in [2.05, 4.69) is 9.88 Å². The maximum atomic E-state index is 10.3. The molecule has 1 heterocycles. The molecule has 0 saturated carbocycles. The lowest BCUT2D eigenvalue weighted by atomic mass is 10.1. The molecule has 4 heteroatoms. The lowest BCUT2D eigenvalue weighted by Gasteiger charge is -2.20. The molecule has 0 aliphatic rings. The summed E-state index contributed by atoms with van der Waals surface area (Å²) in [5.74, 6) is 1.34. The van der Waals surface area contributed by atoms with Crippen molar-refractivity contribution in [1.29, 1.82) is 0 Å². The van der Waals surface area contributed by atoms with Crippen molar-refractivity contribution in [1.82, 2.24) is 9.88 Å². The third kappa shape index (κ3) is 5.14. The Balaban J connectivity index is 1.54. The molecule has 0 aliphatic heterocycles. The van der Waals surface area contributed by atoms with Gasteiger partial charge in [-0.25, -0.2) is 4.98 Å². The summed E-state index contributed by atoms with van der Waals surface area (Å²) in [6, 6.07) is 23.2. The fourth-order valence-corrected chi connectivity index (χ4v) is 2.63. The SMILES string of the molecule is CN(Cc1ccc(Oc2ccccc2)nc1)C[C@@H](O)c1ccccc1. The molecule has 0 fully saturated rings. The number of rotatable bonds is 7. The quantitative estimate of drug-likeness (QED) is 0.708. The molecule has 0 spiro atoms. The predicted molar refractivity (Wildman–Crippen MR) is 98.5 cm³/mol. The molecule has 1 N–H and O–H groups in total. The first-order chi connectivity index (χ1) is 12.2. The summed E-state index contributed by atoms with van der Waals surface area (Å²) in [6.45, 7) is 1.27. The molecular weight excluding hydrogens is 312 g/mol. The molecule has 0 unspecified atom stereocenters. The zero-order chi connectivity index (χ0) is 17.5. The summed E-state index contributed by atoms with van der Waals surface area (Å²) in [6.07, 6.45) is 1.31. The van der Waals surface area contributed by atoms with E-state index in [0.29, 0.717) is 19.0 Å². The normalized spacial score (nSPS) is 12.1. The van der Waals surface area contributed by atoms with E-state index in [4.69, 9.17) is 4.74 Å². The van der Waals surface area contributed by atoms with Crippen LogP contribution in [0.1, 0.15) is 17.2 Å². The topological polar surface area (TPSA) is 45.6 Å².